The van der Waals surface area contributed by atoms with Crippen molar-refractivity contribution < 1.29 is 19.0 Å². The Kier molecular flexibility index (Phi) is 6.00. The molecule has 0 aliphatic heterocycles. The zero-order valence-electron chi connectivity index (χ0n) is 17.1. The summed E-state index contributed by atoms with van der Waals surface area (Å²) in [6.07, 6.45) is 1.69. The summed E-state index contributed by atoms with van der Waals surface area (Å²) in [5, 5.41) is 13.2. The van der Waals surface area contributed by atoms with Gasteiger partial charge in [-0.1, -0.05) is 36.4 Å². The van der Waals surface area contributed by atoms with E-state index >= 15 is 0 Å². The third-order valence-electron chi connectivity index (χ3n) is 5.23. The minimum absolute atomic E-state index is 0.0844. The number of Topliss-reactive ketones (excluding diaryl/α,β-unsaturated/α-hetero) is 1. The summed E-state index contributed by atoms with van der Waals surface area (Å²) in [7, 11) is 1.59. The molecule has 1 unspecified atom stereocenters. The van der Waals surface area contributed by atoms with Crippen LogP contribution < -0.4 is 10.1 Å². The number of ketones is 1. The van der Waals surface area contributed by atoms with E-state index in [0.29, 0.717) is 28.8 Å². The number of ether oxygens (including phenoxy) is 1. The maximum Gasteiger partial charge on any atom is 0.191 e. The molecule has 0 fully saturated rings. The van der Waals surface area contributed by atoms with Crippen LogP contribution in [0.4, 0.5) is 10.1 Å². The molecule has 6 heteroatoms. The summed E-state index contributed by atoms with van der Waals surface area (Å²) in [6.45, 7) is 0.230. The van der Waals surface area contributed by atoms with Gasteiger partial charge in [-0.3, -0.25) is 4.79 Å². The highest BCUT2D eigenvalue weighted by atomic mass is 19.1. The number of aromatic nitrogens is 1. The number of carbonyl (C=O) groups excluding carboxylic acids is 1. The highest BCUT2D eigenvalue weighted by Gasteiger charge is 2.26. The Hall–Kier alpha value is -3.64. The highest BCUT2D eigenvalue weighted by Crippen LogP contribution is 2.30. The molecule has 1 heterocycles. The van der Waals surface area contributed by atoms with Crippen LogP contribution in [0.15, 0.2) is 79.0 Å². The van der Waals surface area contributed by atoms with Crippen LogP contribution in [-0.2, 0) is 6.54 Å². The van der Waals surface area contributed by atoms with Gasteiger partial charge in [0.15, 0.2) is 5.78 Å². The molecular formula is C25H23FN2O3. The Balaban J connectivity index is 1.80. The Morgan fingerprint density at radius 3 is 2.65 bits per heavy atom. The van der Waals surface area contributed by atoms with Crippen LogP contribution in [-0.4, -0.2) is 29.2 Å². The molecule has 0 spiro atoms. The molecule has 0 radical (unpaired) electrons. The van der Waals surface area contributed by atoms with Gasteiger partial charge in [0.05, 0.1) is 13.7 Å². The molecule has 2 N–H and O–H groups in total. The monoisotopic (exact) mass is 418 g/mol. The first-order valence-electron chi connectivity index (χ1n) is 9.99. The molecule has 0 bridgehead atoms. The van der Waals surface area contributed by atoms with Crippen LogP contribution in [0, 0.1) is 5.82 Å². The van der Waals surface area contributed by atoms with Crippen molar-refractivity contribution in [3.63, 3.8) is 0 Å². The van der Waals surface area contributed by atoms with E-state index in [1.54, 1.807) is 23.9 Å². The Bertz CT molecular complexity index is 1200. The van der Waals surface area contributed by atoms with Gasteiger partial charge in [0.2, 0.25) is 0 Å². The smallest absolute Gasteiger partial charge is 0.191 e. The van der Waals surface area contributed by atoms with E-state index in [0.717, 1.165) is 11.3 Å². The van der Waals surface area contributed by atoms with E-state index in [4.69, 9.17) is 4.74 Å². The van der Waals surface area contributed by atoms with Gasteiger partial charge in [0.1, 0.15) is 17.6 Å². The summed E-state index contributed by atoms with van der Waals surface area (Å²) in [5.41, 5.74) is 2.61. The number of anilines is 1. The van der Waals surface area contributed by atoms with E-state index in [1.165, 1.54) is 12.1 Å². The predicted molar refractivity (Wildman–Crippen MR) is 119 cm³/mol. The van der Waals surface area contributed by atoms with Crippen LogP contribution >= 0.6 is 0 Å². The molecule has 5 nitrogen and oxygen atoms in total. The Morgan fingerprint density at radius 2 is 1.90 bits per heavy atom. The number of fused-ring (bicyclic) bond motifs is 1. The summed E-state index contributed by atoms with van der Waals surface area (Å²) in [4.78, 5) is 13.8. The number of rotatable bonds is 8. The molecule has 1 atom stereocenters. The first-order valence-corrected chi connectivity index (χ1v) is 9.99. The van der Waals surface area contributed by atoms with Crippen LogP contribution in [0.5, 0.6) is 5.75 Å². The van der Waals surface area contributed by atoms with E-state index in [9.17, 15) is 14.3 Å². The Labute approximate surface area is 179 Å². The second-order valence-corrected chi connectivity index (χ2v) is 7.21. The van der Waals surface area contributed by atoms with Gasteiger partial charge >= 0.3 is 0 Å². The van der Waals surface area contributed by atoms with Gasteiger partial charge in [-0.05, 0) is 35.9 Å². The number of aliphatic hydroxyl groups is 1. The van der Waals surface area contributed by atoms with E-state index in [2.05, 4.69) is 5.32 Å². The molecule has 158 valence electrons. The molecule has 1 aromatic heterocycles. The molecule has 0 aliphatic carbocycles. The standard InChI is InChI=1S/C25H23FN2O3/c1-31-20-9-5-8-19(15-20)27-24(17-6-3-2-4-7-17)25(30)22-16-28(12-13-29)23-11-10-18(26)14-21(22)23/h2-11,14-16,24,27,29H,12-13H2,1H3. The van der Waals surface area contributed by atoms with E-state index in [-0.39, 0.29) is 12.4 Å². The third-order valence-corrected chi connectivity index (χ3v) is 5.23. The van der Waals surface area contributed by atoms with Crippen molar-refractivity contribution in [2.75, 3.05) is 19.0 Å². The predicted octanol–water partition coefficient (Wildman–Crippen LogP) is 4.82. The molecule has 4 aromatic rings. The zero-order valence-corrected chi connectivity index (χ0v) is 17.1. The lowest BCUT2D eigenvalue weighted by Crippen LogP contribution is -2.21. The molecule has 0 saturated heterocycles. The maximum absolute atomic E-state index is 14.0. The van der Waals surface area contributed by atoms with E-state index < -0.39 is 11.9 Å². The van der Waals surface area contributed by atoms with Crippen molar-refractivity contribution in [3.8, 4) is 5.75 Å². The molecule has 0 saturated carbocycles. The number of nitrogens with zero attached hydrogens (tertiary/aromatic N) is 1. The van der Waals surface area contributed by atoms with Crippen LogP contribution in [0.1, 0.15) is 22.0 Å². The van der Waals surface area contributed by atoms with E-state index in [1.807, 2.05) is 54.6 Å². The zero-order chi connectivity index (χ0) is 21.8. The summed E-state index contributed by atoms with van der Waals surface area (Å²) in [5.74, 6) is 0.0625. The number of nitrogens with one attached hydrogen (secondary N) is 1. The summed E-state index contributed by atoms with van der Waals surface area (Å²) >= 11 is 0. The van der Waals surface area contributed by atoms with Gasteiger partial charge in [-0.25, -0.2) is 4.39 Å². The van der Waals surface area contributed by atoms with Crippen LogP contribution in [0.3, 0.4) is 0 Å². The van der Waals surface area contributed by atoms with Crippen molar-refractivity contribution in [3.05, 3.63) is 95.9 Å². The fraction of sp³-hybridized carbons (Fsp3) is 0.160. The SMILES string of the molecule is COc1cccc(NC(C(=O)c2cn(CCO)c3ccc(F)cc23)c2ccccc2)c1. The van der Waals surface area contributed by atoms with Crippen molar-refractivity contribution in [1.29, 1.82) is 0 Å². The molecule has 31 heavy (non-hydrogen) atoms. The molecule has 0 aliphatic rings. The number of carbonyl (C=O) groups is 1. The molecule has 3 aromatic carbocycles. The van der Waals surface area contributed by atoms with Gasteiger partial charge in [-0.2, -0.15) is 0 Å². The lowest BCUT2D eigenvalue weighted by atomic mass is 9.96. The normalized spacial score (nSPS) is 12.0. The van der Waals surface area contributed by atoms with Crippen molar-refractivity contribution >= 4 is 22.4 Å². The van der Waals surface area contributed by atoms with Crippen LogP contribution in [0.25, 0.3) is 10.9 Å². The number of benzene rings is 3. The number of hydrogen-bond donors (Lipinski definition) is 2. The number of halogens is 1. The minimum Gasteiger partial charge on any atom is -0.497 e. The van der Waals surface area contributed by atoms with Gasteiger partial charge in [-0.15, -0.1) is 0 Å². The number of aliphatic hydroxyl groups excluding tert-OH is 1. The summed E-state index contributed by atoms with van der Waals surface area (Å²) < 4.78 is 21.1. The lowest BCUT2D eigenvalue weighted by molar-refractivity contribution is 0.0971. The number of hydrogen-bond acceptors (Lipinski definition) is 4. The minimum atomic E-state index is -0.690. The highest BCUT2D eigenvalue weighted by molar-refractivity contribution is 6.11. The second-order valence-electron chi connectivity index (χ2n) is 7.21. The maximum atomic E-state index is 14.0. The van der Waals surface area contributed by atoms with Gasteiger partial charge in [0.25, 0.3) is 0 Å². The molecule has 4 rings (SSSR count). The fourth-order valence-electron chi connectivity index (χ4n) is 3.74. The van der Waals surface area contributed by atoms with Crippen molar-refractivity contribution in [2.24, 2.45) is 0 Å². The molecule has 0 amide bonds. The Morgan fingerprint density at radius 1 is 1.10 bits per heavy atom. The fourth-order valence-corrected chi connectivity index (χ4v) is 3.74. The van der Waals surface area contributed by atoms with Gasteiger partial charge < -0.3 is 19.7 Å². The average Bonchev–Trinajstić information content (AvgIpc) is 3.15. The molecular weight excluding hydrogens is 395 g/mol. The largest absolute Gasteiger partial charge is 0.497 e. The van der Waals surface area contributed by atoms with Crippen LogP contribution in [0.2, 0.25) is 0 Å². The lowest BCUT2D eigenvalue weighted by Gasteiger charge is -2.19. The second kappa shape index (κ2) is 9.02. The summed E-state index contributed by atoms with van der Waals surface area (Å²) in [6, 6.07) is 20.4. The van der Waals surface area contributed by atoms with Crippen molar-refractivity contribution in [2.45, 2.75) is 12.6 Å². The third kappa shape index (κ3) is 4.29. The first-order chi connectivity index (χ1) is 15.1. The van der Waals surface area contributed by atoms with Crippen molar-refractivity contribution in [1.82, 2.24) is 4.57 Å². The van der Waals surface area contributed by atoms with Gasteiger partial charge in [0, 0.05) is 41.0 Å². The number of methoxy groups -OCH3 is 1. The average molecular weight is 418 g/mol. The topological polar surface area (TPSA) is 63.5 Å². The first kappa shape index (κ1) is 20.6. The quantitative estimate of drug-likeness (QED) is 0.403.